The summed E-state index contributed by atoms with van der Waals surface area (Å²) in [7, 11) is 0. The molecule has 2 N–H and O–H groups in total. The Bertz CT molecular complexity index is 638. The second kappa shape index (κ2) is 8.32. The van der Waals surface area contributed by atoms with Gasteiger partial charge in [0.15, 0.2) is 0 Å². The maximum atomic E-state index is 11.9. The van der Waals surface area contributed by atoms with E-state index < -0.39 is 0 Å². The lowest BCUT2D eigenvalue weighted by Gasteiger charge is -2.17. The summed E-state index contributed by atoms with van der Waals surface area (Å²) in [6.45, 7) is 7.64. The summed E-state index contributed by atoms with van der Waals surface area (Å²) in [6, 6.07) is 10.1. The molecule has 1 amide bonds. The number of aryl methyl sites for hydroxylation is 1. The van der Waals surface area contributed by atoms with Crippen molar-refractivity contribution in [3.8, 4) is 0 Å². The Morgan fingerprint density at radius 1 is 1.17 bits per heavy atom. The van der Waals surface area contributed by atoms with Crippen LogP contribution in [-0.4, -0.2) is 17.4 Å². The molecule has 4 heteroatoms. The number of nitrogens with one attached hydrogen (secondary N) is 2. The average molecular weight is 311 g/mol. The topological polar surface area (TPSA) is 54.0 Å². The number of amides is 1. The van der Waals surface area contributed by atoms with Crippen molar-refractivity contribution in [2.75, 3.05) is 11.9 Å². The number of aromatic nitrogens is 1. The van der Waals surface area contributed by atoms with Crippen molar-refractivity contribution in [3.05, 3.63) is 59.4 Å². The molecule has 0 spiro atoms. The van der Waals surface area contributed by atoms with Crippen LogP contribution in [0.25, 0.3) is 0 Å². The highest BCUT2D eigenvalue weighted by atomic mass is 16.1. The zero-order valence-corrected chi connectivity index (χ0v) is 14.1. The van der Waals surface area contributed by atoms with E-state index in [9.17, 15) is 4.79 Å². The summed E-state index contributed by atoms with van der Waals surface area (Å²) in [5.41, 5.74) is 4.72. The first-order valence-corrected chi connectivity index (χ1v) is 8.07. The second-order valence-corrected chi connectivity index (χ2v) is 6.00. The van der Waals surface area contributed by atoms with Crippen LogP contribution in [0.15, 0.2) is 42.7 Å². The lowest BCUT2D eigenvalue weighted by molar-refractivity contribution is -0.121. The van der Waals surface area contributed by atoms with Crippen molar-refractivity contribution in [3.63, 3.8) is 0 Å². The molecule has 1 aromatic heterocycles. The first kappa shape index (κ1) is 17.0. The standard InChI is InChI=1S/C19H25N3O/c1-14(2)17-6-4-5-15(3)19(17)21-12-9-18(23)22-13-16-7-10-20-11-8-16/h4-8,10-11,14,21H,9,12-13H2,1-3H3,(H,22,23). The minimum absolute atomic E-state index is 0.0500. The number of hydrogen-bond acceptors (Lipinski definition) is 3. The highest BCUT2D eigenvalue weighted by Gasteiger charge is 2.09. The van der Waals surface area contributed by atoms with E-state index in [1.54, 1.807) is 12.4 Å². The van der Waals surface area contributed by atoms with Crippen LogP contribution in [-0.2, 0) is 11.3 Å². The number of benzene rings is 1. The normalized spacial score (nSPS) is 10.6. The van der Waals surface area contributed by atoms with Gasteiger partial charge in [-0.15, -0.1) is 0 Å². The SMILES string of the molecule is Cc1cccc(C(C)C)c1NCCC(=O)NCc1ccncc1. The Morgan fingerprint density at radius 3 is 2.61 bits per heavy atom. The van der Waals surface area contributed by atoms with Crippen molar-refractivity contribution >= 4 is 11.6 Å². The van der Waals surface area contributed by atoms with Crippen molar-refractivity contribution < 1.29 is 4.79 Å². The van der Waals surface area contributed by atoms with Gasteiger partial charge >= 0.3 is 0 Å². The van der Waals surface area contributed by atoms with Gasteiger partial charge in [-0.1, -0.05) is 32.0 Å². The molecule has 0 radical (unpaired) electrons. The Hall–Kier alpha value is -2.36. The molecule has 1 heterocycles. The fraction of sp³-hybridized carbons (Fsp3) is 0.368. The molecule has 0 saturated carbocycles. The number of carbonyl (C=O) groups is 1. The summed E-state index contributed by atoms with van der Waals surface area (Å²) in [5, 5.41) is 6.35. The zero-order valence-electron chi connectivity index (χ0n) is 14.1. The fourth-order valence-electron chi connectivity index (χ4n) is 2.50. The summed E-state index contributed by atoms with van der Waals surface area (Å²) in [6.07, 6.45) is 3.92. The highest BCUT2D eigenvalue weighted by molar-refractivity contribution is 5.76. The van der Waals surface area contributed by atoms with Gasteiger partial charge in [0.2, 0.25) is 5.91 Å². The number of carbonyl (C=O) groups excluding carboxylic acids is 1. The molecule has 0 bridgehead atoms. The van der Waals surface area contributed by atoms with E-state index in [0.29, 0.717) is 25.4 Å². The van der Waals surface area contributed by atoms with Gasteiger partial charge in [-0.25, -0.2) is 0 Å². The van der Waals surface area contributed by atoms with E-state index >= 15 is 0 Å². The van der Waals surface area contributed by atoms with Gasteiger partial charge in [0, 0.05) is 37.6 Å². The Kier molecular flexibility index (Phi) is 6.15. The van der Waals surface area contributed by atoms with Gasteiger partial charge < -0.3 is 10.6 Å². The summed E-state index contributed by atoms with van der Waals surface area (Å²) < 4.78 is 0. The van der Waals surface area contributed by atoms with Gasteiger partial charge in [0.25, 0.3) is 0 Å². The third-order valence-electron chi connectivity index (χ3n) is 3.82. The molecule has 0 aliphatic rings. The van der Waals surface area contributed by atoms with Crippen LogP contribution in [0, 0.1) is 6.92 Å². The van der Waals surface area contributed by atoms with Gasteiger partial charge in [-0.2, -0.15) is 0 Å². The maximum Gasteiger partial charge on any atom is 0.222 e. The highest BCUT2D eigenvalue weighted by Crippen LogP contribution is 2.27. The minimum Gasteiger partial charge on any atom is -0.384 e. The first-order valence-electron chi connectivity index (χ1n) is 8.07. The predicted molar refractivity (Wildman–Crippen MR) is 94.5 cm³/mol. The van der Waals surface area contributed by atoms with Crippen LogP contribution < -0.4 is 10.6 Å². The number of nitrogens with zero attached hydrogens (tertiary/aromatic N) is 1. The van der Waals surface area contributed by atoms with Gasteiger partial charge in [-0.3, -0.25) is 9.78 Å². The van der Waals surface area contributed by atoms with Crippen molar-refractivity contribution in [2.45, 2.75) is 39.7 Å². The fourth-order valence-corrected chi connectivity index (χ4v) is 2.50. The van der Waals surface area contributed by atoms with Gasteiger partial charge in [0.05, 0.1) is 0 Å². The van der Waals surface area contributed by atoms with Crippen LogP contribution in [0.1, 0.15) is 42.9 Å². The Labute approximate surface area is 138 Å². The van der Waals surface area contributed by atoms with Gasteiger partial charge in [0.1, 0.15) is 0 Å². The lowest BCUT2D eigenvalue weighted by Crippen LogP contribution is -2.25. The molecule has 23 heavy (non-hydrogen) atoms. The minimum atomic E-state index is 0.0500. The molecule has 0 fully saturated rings. The zero-order chi connectivity index (χ0) is 16.7. The summed E-state index contributed by atoms with van der Waals surface area (Å²) in [5.74, 6) is 0.506. The smallest absolute Gasteiger partial charge is 0.222 e. The molecular weight excluding hydrogens is 286 g/mol. The van der Waals surface area contributed by atoms with Crippen LogP contribution in [0.4, 0.5) is 5.69 Å². The third kappa shape index (κ3) is 5.09. The number of pyridine rings is 1. The average Bonchev–Trinajstić information content (AvgIpc) is 2.55. The van der Waals surface area contributed by atoms with E-state index in [0.717, 1.165) is 11.3 Å². The maximum absolute atomic E-state index is 11.9. The predicted octanol–water partition coefficient (Wildman–Crippen LogP) is 3.63. The monoisotopic (exact) mass is 311 g/mol. The lowest BCUT2D eigenvalue weighted by atomic mass is 9.98. The molecule has 0 aliphatic heterocycles. The summed E-state index contributed by atoms with van der Waals surface area (Å²) in [4.78, 5) is 15.9. The number of anilines is 1. The van der Waals surface area contributed by atoms with E-state index in [2.05, 4.69) is 54.6 Å². The van der Waals surface area contributed by atoms with Crippen LogP contribution >= 0.6 is 0 Å². The number of rotatable bonds is 7. The van der Waals surface area contributed by atoms with Crippen LogP contribution in [0.3, 0.4) is 0 Å². The van der Waals surface area contributed by atoms with E-state index in [1.165, 1.54) is 11.1 Å². The second-order valence-electron chi connectivity index (χ2n) is 6.00. The van der Waals surface area contributed by atoms with Crippen LogP contribution in [0.2, 0.25) is 0 Å². The molecule has 2 rings (SSSR count). The Balaban J connectivity index is 1.82. The Morgan fingerprint density at radius 2 is 1.91 bits per heavy atom. The quantitative estimate of drug-likeness (QED) is 0.821. The molecule has 0 unspecified atom stereocenters. The molecule has 0 atom stereocenters. The van der Waals surface area contributed by atoms with Gasteiger partial charge in [-0.05, 0) is 41.7 Å². The molecule has 0 saturated heterocycles. The molecular formula is C19H25N3O. The van der Waals surface area contributed by atoms with E-state index in [1.807, 2.05) is 12.1 Å². The van der Waals surface area contributed by atoms with Crippen molar-refractivity contribution in [1.29, 1.82) is 0 Å². The largest absolute Gasteiger partial charge is 0.384 e. The molecule has 1 aromatic carbocycles. The van der Waals surface area contributed by atoms with E-state index in [-0.39, 0.29) is 5.91 Å². The molecule has 0 aliphatic carbocycles. The molecule has 4 nitrogen and oxygen atoms in total. The van der Waals surface area contributed by atoms with Crippen LogP contribution in [0.5, 0.6) is 0 Å². The van der Waals surface area contributed by atoms with Crippen molar-refractivity contribution in [2.24, 2.45) is 0 Å². The van der Waals surface area contributed by atoms with Crippen molar-refractivity contribution in [1.82, 2.24) is 10.3 Å². The molecule has 122 valence electrons. The number of hydrogen-bond donors (Lipinski definition) is 2. The third-order valence-corrected chi connectivity index (χ3v) is 3.82. The van der Waals surface area contributed by atoms with E-state index in [4.69, 9.17) is 0 Å². The summed E-state index contributed by atoms with van der Waals surface area (Å²) >= 11 is 0. The first-order chi connectivity index (χ1) is 11.1. The molecule has 2 aromatic rings. The number of para-hydroxylation sites is 1.